The van der Waals surface area contributed by atoms with Crippen molar-refractivity contribution in [1.82, 2.24) is 35.8 Å². The van der Waals surface area contributed by atoms with Crippen LogP contribution in [-0.4, -0.2) is 48.6 Å². The third kappa shape index (κ3) is 5.64. The number of rotatable bonds is 9. The quantitative estimate of drug-likeness (QED) is 0.324. The van der Waals surface area contributed by atoms with E-state index in [1.165, 1.54) is 0 Å². The largest absolute Gasteiger partial charge is 0.494 e. The van der Waals surface area contributed by atoms with E-state index in [9.17, 15) is 18.0 Å². The Kier molecular flexibility index (Phi) is 6.52. The van der Waals surface area contributed by atoms with Crippen LogP contribution >= 0.6 is 0 Å². The normalized spacial score (nSPS) is 11.6. The van der Waals surface area contributed by atoms with Gasteiger partial charge in [0.1, 0.15) is 5.75 Å². The van der Waals surface area contributed by atoms with Crippen LogP contribution in [0, 0.1) is 0 Å². The molecule has 4 aromatic rings. The number of tetrazole rings is 1. The van der Waals surface area contributed by atoms with Crippen LogP contribution in [0.5, 0.6) is 5.75 Å². The Bertz CT molecular complexity index is 1220. The second-order valence-corrected chi connectivity index (χ2v) is 7.29. The van der Waals surface area contributed by atoms with Crippen LogP contribution in [0.15, 0.2) is 47.4 Å². The first-order chi connectivity index (χ1) is 15.9. The number of halogens is 3. The third-order valence-corrected chi connectivity index (χ3v) is 4.92. The first-order valence-electron chi connectivity index (χ1n) is 10.2. The zero-order valence-corrected chi connectivity index (χ0v) is 17.3. The minimum Gasteiger partial charge on any atom is -0.494 e. The fourth-order valence-corrected chi connectivity index (χ4v) is 3.34. The summed E-state index contributed by atoms with van der Waals surface area (Å²) in [6.07, 6.45) is -2.16. The predicted molar refractivity (Wildman–Crippen MR) is 113 cm³/mol. The molecule has 0 bridgehead atoms. The van der Waals surface area contributed by atoms with E-state index >= 15 is 0 Å². The van der Waals surface area contributed by atoms with Gasteiger partial charge >= 0.3 is 6.18 Å². The molecule has 0 aliphatic heterocycles. The maximum Gasteiger partial charge on any atom is 0.389 e. The van der Waals surface area contributed by atoms with E-state index in [1.54, 1.807) is 42.6 Å². The number of unbranched alkanes of at least 4 members (excludes halogenated alkanes) is 2. The smallest absolute Gasteiger partial charge is 0.389 e. The Hall–Kier alpha value is -3.96. The number of H-pyrrole nitrogens is 3. The number of aromatic amines is 3. The van der Waals surface area contributed by atoms with E-state index in [0.29, 0.717) is 42.1 Å². The lowest BCUT2D eigenvalue weighted by Gasteiger charge is -2.10. The number of aromatic nitrogens is 7. The Morgan fingerprint density at radius 2 is 1.82 bits per heavy atom. The second kappa shape index (κ2) is 9.67. The van der Waals surface area contributed by atoms with E-state index in [4.69, 9.17) is 4.74 Å². The molecule has 0 saturated heterocycles. The van der Waals surface area contributed by atoms with E-state index < -0.39 is 18.2 Å². The van der Waals surface area contributed by atoms with Gasteiger partial charge in [-0.15, -0.1) is 10.2 Å². The summed E-state index contributed by atoms with van der Waals surface area (Å²) in [5.41, 5.74) is 2.23. The Morgan fingerprint density at radius 3 is 2.48 bits per heavy atom. The SMILES string of the molecule is O=c1[nH]c(-c2ccc(OCCCCCC(F)(F)F)cc2)cc(-c2cc[nH]n2)c1-c1nn[nH]n1. The van der Waals surface area contributed by atoms with Crippen LogP contribution < -0.4 is 10.3 Å². The molecule has 4 rings (SSSR count). The van der Waals surface area contributed by atoms with Gasteiger partial charge in [-0.2, -0.15) is 23.5 Å². The summed E-state index contributed by atoms with van der Waals surface area (Å²) in [4.78, 5) is 15.7. The Balaban J connectivity index is 1.48. The maximum absolute atomic E-state index is 12.9. The van der Waals surface area contributed by atoms with E-state index in [2.05, 4.69) is 35.8 Å². The highest BCUT2D eigenvalue weighted by atomic mass is 19.4. The van der Waals surface area contributed by atoms with Gasteiger partial charge in [0.05, 0.1) is 17.9 Å². The molecule has 0 aliphatic carbocycles. The van der Waals surface area contributed by atoms with Crippen molar-refractivity contribution in [2.45, 2.75) is 31.9 Å². The van der Waals surface area contributed by atoms with Crippen molar-refractivity contribution in [2.75, 3.05) is 6.61 Å². The second-order valence-electron chi connectivity index (χ2n) is 7.29. The lowest BCUT2D eigenvalue weighted by molar-refractivity contribution is -0.135. The average Bonchev–Trinajstić information content (AvgIpc) is 3.49. The molecule has 1 aromatic carbocycles. The number of nitrogens with zero attached hydrogens (tertiary/aromatic N) is 4. The highest BCUT2D eigenvalue weighted by Crippen LogP contribution is 2.30. The van der Waals surface area contributed by atoms with Gasteiger partial charge in [-0.05, 0) is 66.4 Å². The topological polar surface area (TPSA) is 125 Å². The van der Waals surface area contributed by atoms with Gasteiger partial charge in [0.15, 0.2) is 0 Å². The number of benzene rings is 1. The van der Waals surface area contributed by atoms with Crippen LogP contribution in [-0.2, 0) is 0 Å². The molecule has 9 nitrogen and oxygen atoms in total. The van der Waals surface area contributed by atoms with Crippen molar-refractivity contribution in [3.63, 3.8) is 0 Å². The molecule has 3 N–H and O–H groups in total. The fourth-order valence-electron chi connectivity index (χ4n) is 3.34. The number of pyridine rings is 1. The van der Waals surface area contributed by atoms with E-state index in [1.807, 2.05) is 0 Å². The number of hydrogen-bond donors (Lipinski definition) is 3. The molecule has 0 unspecified atom stereocenters. The van der Waals surface area contributed by atoms with Crippen LogP contribution in [0.1, 0.15) is 25.7 Å². The molecule has 3 heterocycles. The number of ether oxygens (including phenoxy) is 1. The molecule has 0 fully saturated rings. The molecular weight excluding hydrogens is 439 g/mol. The van der Waals surface area contributed by atoms with Gasteiger partial charge in [-0.3, -0.25) is 9.89 Å². The van der Waals surface area contributed by atoms with Gasteiger partial charge in [0.2, 0.25) is 5.82 Å². The van der Waals surface area contributed by atoms with Gasteiger partial charge < -0.3 is 9.72 Å². The number of alkyl halides is 3. The van der Waals surface area contributed by atoms with Crippen molar-refractivity contribution in [3.8, 4) is 39.7 Å². The van der Waals surface area contributed by atoms with Gasteiger partial charge in [0.25, 0.3) is 5.56 Å². The van der Waals surface area contributed by atoms with Crippen LogP contribution in [0.2, 0.25) is 0 Å². The maximum atomic E-state index is 12.9. The highest BCUT2D eigenvalue weighted by Gasteiger charge is 2.25. The molecule has 3 aromatic heterocycles. The summed E-state index contributed by atoms with van der Waals surface area (Å²) in [5, 5.41) is 20.6. The van der Waals surface area contributed by atoms with Crippen LogP contribution in [0.4, 0.5) is 13.2 Å². The first kappa shape index (κ1) is 22.2. The van der Waals surface area contributed by atoms with Crippen LogP contribution in [0.25, 0.3) is 33.9 Å². The molecule has 33 heavy (non-hydrogen) atoms. The van der Waals surface area contributed by atoms with E-state index in [0.717, 1.165) is 5.56 Å². The fraction of sp³-hybridized carbons (Fsp3) is 0.286. The predicted octanol–water partition coefficient (Wildman–Crippen LogP) is 4.11. The van der Waals surface area contributed by atoms with Gasteiger partial charge in [-0.1, -0.05) is 0 Å². The van der Waals surface area contributed by atoms with Gasteiger partial charge in [0, 0.05) is 23.9 Å². The first-order valence-corrected chi connectivity index (χ1v) is 10.2. The molecule has 12 heteroatoms. The minimum atomic E-state index is -4.11. The molecule has 0 radical (unpaired) electrons. The van der Waals surface area contributed by atoms with E-state index in [-0.39, 0.29) is 17.8 Å². The molecule has 0 aliphatic rings. The molecule has 172 valence electrons. The zero-order valence-electron chi connectivity index (χ0n) is 17.3. The number of nitrogens with one attached hydrogen (secondary N) is 3. The highest BCUT2D eigenvalue weighted by molar-refractivity contribution is 5.81. The molecular formula is C21H20F3N7O2. The Morgan fingerprint density at radius 1 is 1.00 bits per heavy atom. The molecule has 0 saturated carbocycles. The molecule has 0 atom stereocenters. The van der Waals surface area contributed by atoms with Gasteiger partial charge in [-0.25, -0.2) is 0 Å². The Labute approximate surface area is 185 Å². The summed E-state index contributed by atoms with van der Waals surface area (Å²) in [6.45, 7) is 0.330. The summed E-state index contributed by atoms with van der Waals surface area (Å²) >= 11 is 0. The van der Waals surface area contributed by atoms with Crippen molar-refractivity contribution in [3.05, 3.63) is 52.9 Å². The molecule has 0 amide bonds. The van der Waals surface area contributed by atoms with Crippen molar-refractivity contribution in [2.24, 2.45) is 0 Å². The summed E-state index contributed by atoms with van der Waals surface area (Å²) < 4.78 is 42.1. The summed E-state index contributed by atoms with van der Waals surface area (Å²) in [5.74, 6) is 0.743. The average molecular weight is 459 g/mol. The zero-order chi connectivity index (χ0) is 23.3. The monoisotopic (exact) mass is 459 g/mol. The third-order valence-electron chi connectivity index (χ3n) is 4.92. The van der Waals surface area contributed by atoms with Crippen molar-refractivity contribution in [1.29, 1.82) is 0 Å². The number of hydrogen-bond acceptors (Lipinski definition) is 6. The summed E-state index contributed by atoms with van der Waals surface area (Å²) in [6, 6.07) is 10.6. The lowest BCUT2D eigenvalue weighted by atomic mass is 10.0. The standard InChI is InChI=1S/C21H20F3N7O2/c22-21(23,24)9-2-1-3-11-33-14-6-4-13(5-7-14)17-12-15(16-8-10-25-27-16)18(20(32)26-17)19-28-30-31-29-19/h4-8,10,12H,1-3,9,11H2,(H,25,27)(H,26,32)(H,28,29,30,31). The minimum absolute atomic E-state index is 0.0946. The van der Waals surface area contributed by atoms with Crippen LogP contribution in [0.3, 0.4) is 0 Å². The molecule has 0 spiro atoms. The van der Waals surface area contributed by atoms with Crippen molar-refractivity contribution < 1.29 is 17.9 Å². The van der Waals surface area contributed by atoms with Crippen molar-refractivity contribution >= 4 is 0 Å². The lowest BCUT2D eigenvalue weighted by Crippen LogP contribution is -2.13. The summed E-state index contributed by atoms with van der Waals surface area (Å²) in [7, 11) is 0.